The summed E-state index contributed by atoms with van der Waals surface area (Å²) >= 11 is 0. The molecule has 0 aliphatic carbocycles. The molecule has 0 saturated heterocycles. The van der Waals surface area contributed by atoms with Gasteiger partial charge in [0, 0.05) is 0 Å². The topological polar surface area (TPSA) is 69.5 Å². The van der Waals surface area contributed by atoms with Crippen LogP contribution in [-0.2, 0) is 19.0 Å². The highest BCUT2D eigenvalue weighted by molar-refractivity contribution is 6.06. The van der Waals surface area contributed by atoms with Crippen LogP contribution in [-0.4, -0.2) is 51.2 Å². The van der Waals surface area contributed by atoms with E-state index in [1.807, 2.05) is 0 Å². The molecule has 0 spiro atoms. The Kier molecular flexibility index (Phi) is 4.08. The van der Waals surface area contributed by atoms with E-state index in [4.69, 9.17) is 14.2 Å². The number of nitrogens with zero attached hydrogens (tertiary/aromatic N) is 2. The smallest absolute Gasteiger partial charge is 0.340 e. The highest BCUT2D eigenvalue weighted by Crippen LogP contribution is 2.07. The summed E-state index contributed by atoms with van der Waals surface area (Å²) in [5.41, 5.74) is 0. The van der Waals surface area contributed by atoms with E-state index < -0.39 is 12.0 Å². The van der Waals surface area contributed by atoms with Gasteiger partial charge < -0.3 is 14.2 Å². The number of rotatable bonds is 2. The van der Waals surface area contributed by atoms with Gasteiger partial charge >= 0.3 is 5.97 Å². The first-order chi connectivity index (χ1) is 7.22. The fourth-order valence-electron chi connectivity index (χ4n) is 1.14. The second kappa shape index (κ2) is 5.33. The van der Waals surface area contributed by atoms with Crippen LogP contribution in [0.2, 0.25) is 0 Å². The summed E-state index contributed by atoms with van der Waals surface area (Å²) in [5, 5.41) is 0. The third-order valence-electron chi connectivity index (χ3n) is 1.83. The van der Waals surface area contributed by atoms with Crippen LogP contribution >= 0.6 is 0 Å². The quantitative estimate of drug-likeness (QED) is 0.608. The molecule has 1 heterocycles. The minimum atomic E-state index is -0.835. The highest BCUT2D eigenvalue weighted by Gasteiger charge is 2.30. The molecule has 6 nitrogen and oxygen atoms in total. The van der Waals surface area contributed by atoms with Crippen molar-refractivity contribution in [2.75, 3.05) is 27.4 Å². The van der Waals surface area contributed by atoms with Gasteiger partial charge in [0.2, 0.25) is 17.8 Å². The average molecular weight is 214 g/mol. The van der Waals surface area contributed by atoms with Crippen molar-refractivity contribution in [1.82, 2.24) is 0 Å². The first kappa shape index (κ1) is 11.5. The Labute approximate surface area is 87.9 Å². The molecule has 0 saturated carbocycles. The Bertz CT molecular complexity index is 298. The van der Waals surface area contributed by atoms with Crippen LogP contribution in [0.15, 0.2) is 9.98 Å². The van der Waals surface area contributed by atoms with Crippen LogP contribution in [0.4, 0.5) is 0 Å². The van der Waals surface area contributed by atoms with Crippen LogP contribution in [0.1, 0.15) is 6.92 Å². The second-order valence-corrected chi connectivity index (χ2v) is 2.74. The van der Waals surface area contributed by atoms with E-state index in [2.05, 4.69) is 9.98 Å². The number of esters is 1. The number of ether oxygens (including phenoxy) is 3. The van der Waals surface area contributed by atoms with Crippen LogP contribution in [0, 0.1) is 0 Å². The summed E-state index contributed by atoms with van der Waals surface area (Å²) in [7, 11) is 2.92. The number of aliphatic imine (C=N–C) groups is 2. The van der Waals surface area contributed by atoms with E-state index >= 15 is 0 Å². The highest BCUT2D eigenvalue weighted by atomic mass is 16.5. The molecule has 0 amide bonds. The van der Waals surface area contributed by atoms with Crippen molar-refractivity contribution in [2.24, 2.45) is 9.98 Å². The molecule has 0 aromatic carbocycles. The Morgan fingerprint density at radius 3 is 2.73 bits per heavy atom. The average Bonchev–Trinajstić information content (AvgIpc) is 2.28. The first-order valence-corrected chi connectivity index (χ1v) is 4.58. The molecule has 0 bridgehead atoms. The maximum atomic E-state index is 11.5. The predicted octanol–water partition coefficient (Wildman–Crippen LogP) is 0.0215. The van der Waals surface area contributed by atoms with Crippen molar-refractivity contribution in [3.8, 4) is 0 Å². The Balaban J connectivity index is 2.79. The molecule has 1 aliphatic rings. The zero-order chi connectivity index (χ0) is 11.3. The second-order valence-electron chi connectivity index (χ2n) is 2.74. The summed E-state index contributed by atoms with van der Waals surface area (Å²) in [6.07, 6.45) is 0. The molecule has 84 valence electrons. The summed E-state index contributed by atoms with van der Waals surface area (Å²) in [5.74, 6) is 0.176. The van der Waals surface area contributed by atoms with Gasteiger partial charge in [0.15, 0.2) is 0 Å². The van der Waals surface area contributed by atoms with Gasteiger partial charge in [-0.1, -0.05) is 0 Å². The molecule has 0 aromatic rings. The molecule has 0 fully saturated rings. The van der Waals surface area contributed by atoms with Crippen molar-refractivity contribution >= 4 is 17.8 Å². The van der Waals surface area contributed by atoms with Crippen molar-refractivity contribution in [2.45, 2.75) is 13.0 Å². The molecule has 0 radical (unpaired) electrons. The fraction of sp³-hybridized carbons (Fsp3) is 0.667. The lowest BCUT2D eigenvalue weighted by atomic mass is 10.3. The van der Waals surface area contributed by atoms with Gasteiger partial charge in [0.25, 0.3) is 0 Å². The predicted molar refractivity (Wildman–Crippen MR) is 54.2 cm³/mol. The van der Waals surface area contributed by atoms with Gasteiger partial charge in [-0.3, -0.25) is 0 Å². The summed E-state index contributed by atoms with van der Waals surface area (Å²) in [6, 6.07) is -0.835. The van der Waals surface area contributed by atoms with Gasteiger partial charge in [-0.25, -0.2) is 14.8 Å². The van der Waals surface area contributed by atoms with Gasteiger partial charge in [0.05, 0.1) is 20.8 Å². The maximum Gasteiger partial charge on any atom is 0.340 e. The molecule has 1 aliphatic heterocycles. The van der Waals surface area contributed by atoms with E-state index in [-0.39, 0.29) is 12.4 Å². The van der Waals surface area contributed by atoms with Crippen LogP contribution in [0.3, 0.4) is 0 Å². The van der Waals surface area contributed by atoms with Gasteiger partial charge in [-0.2, -0.15) is 0 Å². The standard InChI is InChI=1S/C9H14N2O4/c1-4-15-9(12)7-8(14-3)10-5-6(11-7)13-2/h7H,4-5H2,1-3H3. The zero-order valence-electron chi connectivity index (χ0n) is 9.02. The zero-order valence-corrected chi connectivity index (χ0v) is 9.02. The molecular weight excluding hydrogens is 200 g/mol. The van der Waals surface area contributed by atoms with Crippen LogP contribution in [0.25, 0.3) is 0 Å². The van der Waals surface area contributed by atoms with Gasteiger partial charge in [-0.15, -0.1) is 0 Å². The Morgan fingerprint density at radius 1 is 1.47 bits per heavy atom. The Morgan fingerprint density at radius 2 is 2.20 bits per heavy atom. The number of carbonyl (C=O) groups is 1. The van der Waals surface area contributed by atoms with E-state index in [9.17, 15) is 4.79 Å². The van der Waals surface area contributed by atoms with E-state index in [0.717, 1.165) is 0 Å². The molecule has 0 aromatic heterocycles. The number of hydrogen-bond acceptors (Lipinski definition) is 6. The monoisotopic (exact) mass is 214 g/mol. The van der Waals surface area contributed by atoms with Crippen molar-refractivity contribution in [3.05, 3.63) is 0 Å². The number of carbonyl (C=O) groups excluding carboxylic acids is 1. The van der Waals surface area contributed by atoms with Crippen molar-refractivity contribution in [1.29, 1.82) is 0 Å². The minimum Gasteiger partial charge on any atom is -0.483 e. The first-order valence-electron chi connectivity index (χ1n) is 4.58. The minimum absolute atomic E-state index is 0.259. The Hall–Kier alpha value is -1.59. The third-order valence-corrected chi connectivity index (χ3v) is 1.83. The van der Waals surface area contributed by atoms with Crippen LogP contribution in [0.5, 0.6) is 0 Å². The molecular formula is C9H14N2O4. The largest absolute Gasteiger partial charge is 0.483 e. The lowest BCUT2D eigenvalue weighted by Crippen LogP contribution is -2.36. The normalized spacial score (nSPS) is 20.1. The molecule has 1 unspecified atom stereocenters. The molecule has 15 heavy (non-hydrogen) atoms. The molecule has 6 heteroatoms. The van der Waals surface area contributed by atoms with Gasteiger partial charge in [0.1, 0.15) is 6.54 Å². The maximum absolute atomic E-state index is 11.5. The van der Waals surface area contributed by atoms with Crippen molar-refractivity contribution < 1.29 is 19.0 Å². The molecule has 1 atom stereocenters. The summed E-state index contributed by atoms with van der Waals surface area (Å²) < 4.78 is 14.7. The number of methoxy groups -OCH3 is 2. The summed E-state index contributed by atoms with van der Waals surface area (Å²) in [6.45, 7) is 2.31. The molecule has 0 N–H and O–H groups in total. The lowest BCUT2D eigenvalue weighted by molar-refractivity contribution is -0.143. The van der Waals surface area contributed by atoms with E-state index in [0.29, 0.717) is 12.5 Å². The van der Waals surface area contributed by atoms with E-state index in [1.54, 1.807) is 6.92 Å². The SMILES string of the molecule is CCOC(=O)C1N=C(OC)CN=C1OC. The third kappa shape index (κ3) is 2.68. The van der Waals surface area contributed by atoms with Crippen molar-refractivity contribution in [3.63, 3.8) is 0 Å². The number of hydrogen-bond donors (Lipinski definition) is 0. The molecule has 1 rings (SSSR count). The fourth-order valence-corrected chi connectivity index (χ4v) is 1.14. The summed E-state index contributed by atoms with van der Waals surface area (Å²) in [4.78, 5) is 19.5. The van der Waals surface area contributed by atoms with Crippen LogP contribution < -0.4 is 0 Å². The van der Waals surface area contributed by atoms with E-state index in [1.165, 1.54) is 14.2 Å². The van der Waals surface area contributed by atoms with Gasteiger partial charge in [-0.05, 0) is 6.92 Å². The lowest BCUT2D eigenvalue weighted by Gasteiger charge is -2.18.